The number of hydrogen-bond donors (Lipinski definition) is 2. The minimum Gasteiger partial charge on any atom is -0.477 e. The Hall–Kier alpha value is -1.77. The molecule has 0 bridgehead atoms. The molecule has 0 aliphatic heterocycles. The summed E-state index contributed by atoms with van der Waals surface area (Å²) in [6.45, 7) is 0.208. The summed E-state index contributed by atoms with van der Waals surface area (Å²) in [6, 6.07) is 7.99. The molecule has 0 aliphatic rings. The van der Waals surface area contributed by atoms with Gasteiger partial charge in [-0.1, -0.05) is 6.07 Å². The third kappa shape index (κ3) is 3.62. The number of pyridine rings is 1. The number of carboxylic acid groups (broad SMARTS) is 1. The second-order valence-corrected chi connectivity index (χ2v) is 6.97. The standard InChI is InChI=1S/C12H12N2O4S2/c15-12(16)10-4-5-11(19-10)20(17,18)14-8-6-9-3-1-2-7-13-9/h1-5,7,14H,6,8H2,(H,15,16). The minimum absolute atomic E-state index is 0.00378. The molecule has 0 saturated heterocycles. The maximum absolute atomic E-state index is 11.9. The van der Waals surface area contributed by atoms with E-state index < -0.39 is 16.0 Å². The van der Waals surface area contributed by atoms with Gasteiger partial charge in [-0.15, -0.1) is 11.3 Å². The fourth-order valence-electron chi connectivity index (χ4n) is 1.51. The van der Waals surface area contributed by atoms with Crippen LogP contribution in [0.5, 0.6) is 0 Å². The maximum Gasteiger partial charge on any atom is 0.345 e. The van der Waals surface area contributed by atoms with Gasteiger partial charge in [0.25, 0.3) is 0 Å². The Labute approximate surface area is 120 Å². The lowest BCUT2D eigenvalue weighted by molar-refractivity contribution is 0.0702. The molecule has 106 valence electrons. The van der Waals surface area contributed by atoms with E-state index in [9.17, 15) is 13.2 Å². The Morgan fingerprint density at radius 1 is 1.30 bits per heavy atom. The van der Waals surface area contributed by atoms with Crippen LogP contribution in [0.1, 0.15) is 15.4 Å². The van der Waals surface area contributed by atoms with Crippen LogP contribution in [0.25, 0.3) is 0 Å². The molecule has 0 aliphatic carbocycles. The van der Waals surface area contributed by atoms with E-state index in [0.29, 0.717) is 6.42 Å². The van der Waals surface area contributed by atoms with Gasteiger partial charge in [-0.05, 0) is 24.3 Å². The number of rotatable bonds is 6. The zero-order valence-corrected chi connectivity index (χ0v) is 11.9. The molecule has 0 fully saturated rings. The number of sulfonamides is 1. The first-order valence-corrected chi connectivity index (χ1v) is 8.02. The van der Waals surface area contributed by atoms with E-state index in [1.165, 1.54) is 12.1 Å². The summed E-state index contributed by atoms with van der Waals surface area (Å²) in [6.07, 6.45) is 2.11. The van der Waals surface area contributed by atoms with Gasteiger partial charge in [-0.3, -0.25) is 4.98 Å². The summed E-state index contributed by atoms with van der Waals surface area (Å²) in [4.78, 5) is 14.8. The largest absolute Gasteiger partial charge is 0.477 e. The Bertz CT molecular complexity index is 695. The first-order chi connectivity index (χ1) is 9.49. The molecule has 0 spiro atoms. The number of thiophene rings is 1. The van der Waals surface area contributed by atoms with E-state index >= 15 is 0 Å². The van der Waals surface area contributed by atoms with E-state index in [2.05, 4.69) is 9.71 Å². The fourth-order valence-corrected chi connectivity index (χ4v) is 3.73. The third-order valence-electron chi connectivity index (χ3n) is 2.46. The van der Waals surface area contributed by atoms with Crippen molar-refractivity contribution in [1.29, 1.82) is 0 Å². The molecule has 0 unspecified atom stereocenters. The lowest BCUT2D eigenvalue weighted by Gasteiger charge is -2.04. The van der Waals surface area contributed by atoms with E-state index in [1.807, 2.05) is 12.1 Å². The van der Waals surface area contributed by atoms with Crippen molar-refractivity contribution in [3.63, 3.8) is 0 Å². The first kappa shape index (κ1) is 14.6. The molecular weight excluding hydrogens is 300 g/mol. The molecule has 6 nitrogen and oxygen atoms in total. The predicted octanol–water partition coefficient (Wildman–Crippen LogP) is 1.36. The van der Waals surface area contributed by atoms with Crippen molar-refractivity contribution in [1.82, 2.24) is 9.71 Å². The van der Waals surface area contributed by atoms with Crippen LogP contribution >= 0.6 is 11.3 Å². The molecule has 20 heavy (non-hydrogen) atoms. The summed E-state index contributed by atoms with van der Waals surface area (Å²) in [5, 5.41) is 8.78. The highest BCUT2D eigenvalue weighted by molar-refractivity contribution is 7.91. The highest BCUT2D eigenvalue weighted by Gasteiger charge is 2.18. The lowest BCUT2D eigenvalue weighted by atomic mass is 10.3. The summed E-state index contributed by atoms with van der Waals surface area (Å²) in [5.41, 5.74) is 0.785. The van der Waals surface area contributed by atoms with Gasteiger partial charge in [0.1, 0.15) is 9.09 Å². The van der Waals surface area contributed by atoms with Gasteiger partial charge in [0, 0.05) is 24.9 Å². The van der Waals surface area contributed by atoms with Crippen LogP contribution < -0.4 is 4.72 Å². The number of aromatic carboxylic acids is 1. The fraction of sp³-hybridized carbons (Fsp3) is 0.167. The zero-order chi connectivity index (χ0) is 14.6. The highest BCUT2D eigenvalue weighted by atomic mass is 32.2. The Kier molecular flexibility index (Phi) is 4.48. The van der Waals surface area contributed by atoms with Crippen LogP contribution in [-0.4, -0.2) is 31.0 Å². The average molecular weight is 312 g/mol. The van der Waals surface area contributed by atoms with Crippen molar-refractivity contribution in [3.8, 4) is 0 Å². The van der Waals surface area contributed by atoms with Crippen LogP contribution in [-0.2, 0) is 16.4 Å². The van der Waals surface area contributed by atoms with Gasteiger partial charge >= 0.3 is 5.97 Å². The highest BCUT2D eigenvalue weighted by Crippen LogP contribution is 2.21. The summed E-state index contributed by atoms with van der Waals surface area (Å²) in [7, 11) is -3.67. The summed E-state index contributed by atoms with van der Waals surface area (Å²) in [5.74, 6) is -1.13. The minimum atomic E-state index is -3.67. The van der Waals surface area contributed by atoms with Crippen LogP contribution in [0.4, 0.5) is 0 Å². The zero-order valence-electron chi connectivity index (χ0n) is 10.3. The smallest absolute Gasteiger partial charge is 0.345 e. The number of hydrogen-bond acceptors (Lipinski definition) is 5. The molecule has 2 N–H and O–H groups in total. The van der Waals surface area contributed by atoms with E-state index in [1.54, 1.807) is 12.3 Å². The normalized spacial score (nSPS) is 11.4. The van der Waals surface area contributed by atoms with Crippen LogP contribution in [0.15, 0.2) is 40.7 Å². The van der Waals surface area contributed by atoms with Crippen molar-refractivity contribution < 1.29 is 18.3 Å². The molecule has 0 saturated carbocycles. The molecule has 0 amide bonds. The van der Waals surface area contributed by atoms with Gasteiger partial charge < -0.3 is 5.11 Å². The van der Waals surface area contributed by atoms with E-state index in [0.717, 1.165) is 17.0 Å². The van der Waals surface area contributed by atoms with Gasteiger partial charge in [0.05, 0.1) is 0 Å². The second-order valence-electron chi connectivity index (χ2n) is 3.89. The Balaban J connectivity index is 1.98. The average Bonchev–Trinajstić information content (AvgIpc) is 2.90. The van der Waals surface area contributed by atoms with Gasteiger partial charge in [0.15, 0.2) is 0 Å². The van der Waals surface area contributed by atoms with E-state index in [4.69, 9.17) is 5.11 Å². The van der Waals surface area contributed by atoms with Gasteiger partial charge in [-0.2, -0.15) is 0 Å². The molecule has 0 atom stereocenters. The Morgan fingerprint density at radius 2 is 2.10 bits per heavy atom. The van der Waals surface area contributed by atoms with Crippen LogP contribution in [0, 0.1) is 0 Å². The molecule has 2 aromatic heterocycles. The molecule has 2 rings (SSSR count). The summed E-state index contributed by atoms with van der Waals surface area (Å²) >= 11 is 0.729. The number of nitrogens with zero attached hydrogens (tertiary/aromatic N) is 1. The monoisotopic (exact) mass is 312 g/mol. The molecule has 0 aromatic carbocycles. The first-order valence-electron chi connectivity index (χ1n) is 5.72. The molecule has 8 heteroatoms. The third-order valence-corrected chi connectivity index (χ3v) is 5.48. The second kappa shape index (κ2) is 6.12. The molecular formula is C12H12N2O4S2. The number of carboxylic acids is 1. The van der Waals surface area contributed by atoms with Crippen LogP contribution in [0.2, 0.25) is 0 Å². The molecule has 0 radical (unpaired) electrons. The van der Waals surface area contributed by atoms with Crippen molar-refractivity contribution in [2.24, 2.45) is 0 Å². The number of carbonyl (C=O) groups is 1. The lowest BCUT2D eigenvalue weighted by Crippen LogP contribution is -2.25. The van der Waals surface area contributed by atoms with Gasteiger partial charge in [0.2, 0.25) is 10.0 Å². The maximum atomic E-state index is 11.9. The molecule has 2 heterocycles. The van der Waals surface area contributed by atoms with Crippen molar-refractivity contribution in [2.75, 3.05) is 6.54 Å². The quantitative estimate of drug-likeness (QED) is 0.839. The van der Waals surface area contributed by atoms with Crippen molar-refractivity contribution in [3.05, 3.63) is 47.1 Å². The SMILES string of the molecule is O=C(O)c1ccc(S(=O)(=O)NCCc2ccccn2)s1. The number of aromatic nitrogens is 1. The van der Waals surface area contributed by atoms with Gasteiger partial charge in [-0.25, -0.2) is 17.9 Å². The van der Waals surface area contributed by atoms with Crippen molar-refractivity contribution >= 4 is 27.3 Å². The van der Waals surface area contributed by atoms with Crippen molar-refractivity contribution in [2.45, 2.75) is 10.6 Å². The Morgan fingerprint density at radius 3 is 2.70 bits per heavy atom. The topological polar surface area (TPSA) is 96.4 Å². The van der Waals surface area contributed by atoms with E-state index in [-0.39, 0.29) is 15.6 Å². The number of nitrogens with one attached hydrogen (secondary N) is 1. The molecule has 2 aromatic rings. The summed E-state index contributed by atoms with van der Waals surface area (Å²) < 4.78 is 26.3. The van der Waals surface area contributed by atoms with Crippen LogP contribution in [0.3, 0.4) is 0 Å². The predicted molar refractivity (Wildman–Crippen MR) is 74.4 cm³/mol.